The fourth-order valence-corrected chi connectivity index (χ4v) is 3.58. The third-order valence-electron chi connectivity index (χ3n) is 5.67. The highest BCUT2D eigenvalue weighted by atomic mass is 35.5. The van der Waals surface area contributed by atoms with Gasteiger partial charge in [-0.2, -0.15) is 0 Å². The molecule has 5 nitrogen and oxygen atoms in total. The van der Waals surface area contributed by atoms with E-state index in [4.69, 9.17) is 5.73 Å². The molecule has 1 atom stereocenters. The maximum Gasteiger partial charge on any atom is 0.251 e. The number of likely N-dealkylation sites (N-methyl/N-ethyl adjacent to an activating group) is 1. The number of nitrogens with one attached hydrogen (secondary N) is 1. The van der Waals surface area contributed by atoms with Crippen LogP contribution in [0, 0.1) is 11.7 Å². The van der Waals surface area contributed by atoms with Gasteiger partial charge in [0.2, 0.25) is 0 Å². The van der Waals surface area contributed by atoms with E-state index in [9.17, 15) is 9.18 Å². The summed E-state index contributed by atoms with van der Waals surface area (Å²) in [4.78, 5) is 16.9. The van der Waals surface area contributed by atoms with Gasteiger partial charge >= 0.3 is 0 Å². The van der Waals surface area contributed by atoms with Crippen LogP contribution in [0.1, 0.15) is 37.0 Å². The lowest BCUT2D eigenvalue weighted by atomic mass is 9.95. The van der Waals surface area contributed by atoms with Crippen molar-refractivity contribution in [1.82, 2.24) is 10.2 Å². The molecule has 1 aromatic carbocycles. The lowest BCUT2D eigenvalue weighted by molar-refractivity contribution is 0.0897. The Labute approximate surface area is 173 Å². The minimum absolute atomic E-state index is 0. The summed E-state index contributed by atoms with van der Waals surface area (Å²) in [7, 11) is 0. The van der Waals surface area contributed by atoms with Crippen LogP contribution in [0.3, 0.4) is 0 Å². The number of halogens is 3. The third-order valence-corrected chi connectivity index (χ3v) is 5.67. The minimum Gasteiger partial charge on any atom is -0.367 e. The monoisotopic (exact) mass is 420 g/mol. The Morgan fingerprint density at radius 2 is 1.89 bits per heavy atom. The molecule has 3 N–H and O–H groups in total. The minimum atomic E-state index is -0.400. The molecule has 3 rings (SSSR count). The van der Waals surface area contributed by atoms with E-state index in [1.54, 1.807) is 12.1 Å². The van der Waals surface area contributed by atoms with Crippen LogP contribution in [0.25, 0.3) is 0 Å². The summed E-state index contributed by atoms with van der Waals surface area (Å²) in [5.41, 5.74) is 6.38. The first-order chi connectivity index (χ1) is 12.0. The summed E-state index contributed by atoms with van der Waals surface area (Å²) in [5.74, 6) is -0.153. The van der Waals surface area contributed by atoms with E-state index in [-0.39, 0.29) is 36.5 Å². The lowest BCUT2D eigenvalue weighted by Gasteiger charge is -2.35. The van der Waals surface area contributed by atoms with Crippen molar-refractivity contribution < 1.29 is 9.18 Å². The van der Waals surface area contributed by atoms with Gasteiger partial charge in [-0.05, 0) is 50.4 Å². The number of benzene rings is 1. The van der Waals surface area contributed by atoms with E-state index in [0.717, 1.165) is 45.6 Å². The molecule has 1 unspecified atom stereocenters. The molecule has 154 valence electrons. The molecule has 1 aliphatic carbocycles. The Balaban J connectivity index is 0.00000182. The maximum atomic E-state index is 14.6. The first kappa shape index (κ1) is 24.0. The number of hydrogen-bond donors (Lipinski definition) is 2. The zero-order chi connectivity index (χ0) is 18.0. The van der Waals surface area contributed by atoms with Crippen LogP contribution in [-0.4, -0.2) is 55.6 Å². The average molecular weight is 421 g/mol. The van der Waals surface area contributed by atoms with Gasteiger partial charge in [-0.15, -0.1) is 24.8 Å². The number of carbonyl (C=O) groups is 1. The molecule has 2 aliphatic rings. The second-order valence-corrected chi connectivity index (χ2v) is 7.44. The van der Waals surface area contributed by atoms with E-state index in [0.29, 0.717) is 23.7 Å². The van der Waals surface area contributed by atoms with Gasteiger partial charge in [-0.25, -0.2) is 4.39 Å². The number of nitrogens with zero attached hydrogens (tertiary/aromatic N) is 2. The Bertz CT molecular complexity index is 636. The molecule has 0 spiro atoms. The molecule has 1 saturated heterocycles. The second kappa shape index (κ2) is 9.92. The smallest absolute Gasteiger partial charge is 0.251 e. The SMILES string of the molecule is CCN1CCN(c2ccc(C(=O)NC(C)(CN)C3CC3)cc2F)CC1.Cl.Cl. The number of carbonyl (C=O) groups excluding carboxylic acids is 1. The van der Waals surface area contributed by atoms with Crippen molar-refractivity contribution in [3.8, 4) is 0 Å². The Kier molecular flexibility index (Phi) is 8.80. The summed E-state index contributed by atoms with van der Waals surface area (Å²) in [6.07, 6.45) is 2.18. The quantitative estimate of drug-likeness (QED) is 0.742. The zero-order valence-electron chi connectivity index (χ0n) is 16.0. The lowest BCUT2D eigenvalue weighted by Crippen LogP contribution is -2.53. The highest BCUT2D eigenvalue weighted by molar-refractivity contribution is 5.95. The van der Waals surface area contributed by atoms with Crippen LogP contribution < -0.4 is 16.0 Å². The second-order valence-electron chi connectivity index (χ2n) is 7.44. The summed E-state index contributed by atoms with van der Waals surface area (Å²) >= 11 is 0. The van der Waals surface area contributed by atoms with Gasteiger partial charge in [0, 0.05) is 38.3 Å². The van der Waals surface area contributed by atoms with Crippen molar-refractivity contribution in [3.05, 3.63) is 29.6 Å². The first-order valence-corrected chi connectivity index (χ1v) is 9.26. The average Bonchev–Trinajstić information content (AvgIpc) is 3.47. The predicted molar refractivity (Wildman–Crippen MR) is 113 cm³/mol. The van der Waals surface area contributed by atoms with Crippen molar-refractivity contribution in [3.63, 3.8) is 0 Å². The summed E-state index contributed by atoms with van der Waals surface area (Å²) < 4.78 is 14.6. The van der Waals surface area contributed by atoms with Crippen molar-refractivity contribution >= 4 is 36.4 Å². The topological polar surface area (TPSA) is 61.6 Å². The van der Waals surface area contributed by atoms with E-state index < -0.39 is 5.54 Å². The molecule has 27 heavy (non-hydrogen) atoms. The predicted octanol–water partition coefficient (Wildman–Crippen LogP) is 2.67. The van der Waals surface area contributed by atoms with Crippen LogP contribution in [0.15, 0.2) is 18.2 Å². The highest BCUT2D eigenvalue weighted by Gasteiger charge is 2.41. The number of anilines is 1. The molecule has 1 heterocycles. The Hall–Kier alpha value is -1.08. The fraction of sp³-hybridized carbons (Fsp3) is 0.632. The maximum absolute atomic E-state index is 14.6. The molecule has 1 aromatic rings. The molecule has 0 aromatic heterocycles. The molecular weight excluding hydrogens is 390 g/mol. The highest BCUT2D eigenvalue weighted by Crippen LogP contribution is 2.39. The van der Waals surface area contributed by atoms with Gasteiger partial charge in [-0.1, -0.05) is 6.92 Å². The summed E-state index contributed by atoms with van der Waals surface area (Å²) in [6.45, 7) is 9.03. The summed E-state index contributed by atoms with van der Waals surface area (Å²) in [6, 6.07) is 4.78. The fourth-order valence-electron chi connectivity index (χ4n) is 3.58. The number of rotatable bonds is 6. The van der Waals surface area contributed by atoms with Gasteiger partial charge in [0.1, 0.15) is 5.82 Å². The molecule has 1 amide bonds. The standard InChI is InChI=1S/C19H29FN4O.2ClH/c1-3-23-8-10-24(11-9-23)17-7-4-14(12-16(17)20)18(25)22-19(2,13-21)15-5-6-15;;/h4,7,12,15H,3,5-6,8-11,13,21H2,1-2H3,(H,22,25);2*1H. The molecule has 8 heteroatoms. The van der Waals surface area contributed by atoms with E-state index in [1.807, 2.05) is 6.92 Å². The number of nitrogens with two attached hydrogens (primary N) is 1. The van der Waals surface area contributed by atoms with Crippen LogP contribution >= 0.6 is 24.8 Å². The van der Waals surface area contributed by atoms with E-state index in [2.05, 4.69) is 22.0 Å². The van der Waals surface area contributed by atoms with Crippen LogP contribution in [-0.2, 0) is 0 Å². The molecule has 1 saturated carbocycles. The van der Waals surface area contributed by atoms with Crippen LogP contribution in [0.2, 0.25) is 0 Å². The van der Waals surface area contributed by atoms with Gasteiger partial charge in [0.15, 0.2) is 0 Å². The van der Waals surface area contributed by atoms with Gasteiger partial charge in [0.25, 0.3) is 5.91 Å². The molecule has 0 radical (unpaired) electrons. The van der Waals surface area contributed by atoms with Crippen molar-refractivity contribution in [2.24, 2.45) is 11.7 Å². The van der Waals surface area contributed by atoms with Crippen molar-refractivity contribution in [2.45, 2.75) is 32.2 Å². The van der Waals surface area contributed by atoms with Crippen molar-refractivity contribution in [2.75, 3.05) is 44.2 Å². The third kappa shape index (κ3) is 5.47. The van der Waals surface area contributed by atoms with Gasteiger partial charge in [-0.3, -0.25) is 4.79 Å². The summed E-state index contributed by atoms with van der Waals surface area (Å²) in [5, 5.41) is 3.01. The molecule has 0 bridgehead atoms. The number of piperazine rings is 1. The Morgan fingerprint density at radius 1 is 1.26 bits per heavy atom. The first-order valence-electron chi connectivity index (χ1n) is 9.26. The largest absolute Gasteiger partial charge is 0.367 e. The van der Waals surface area contributed by atoms with Gasteiger partial charge < -0.3 is 20.9 Å². The van der Waals surface area contributed by atoms with Crippen LogP contribution in [0.4, 0.5) is 10.1 Å². The molecular formula is C19H31Cl2FN4O. The number of amides is 1. The van der Waals surface area contributed by atoms with Gasteiger partial charge in [0.05, 0.1) is 11.2 Å². The van der Waals surface area contributed by atoms with E-state index >= 15 is 0 Å². The number of hydrogen-bond acceptors (Lipinski definition) is 4. The normalized spacial score (nSPS) is 19.5. The zero-order valence-corrected chi connectivity index (χ0v) is 17.7. The molecule has 2 fully saturated rings. The van der Waals surface area contributed by atoms with E-state index in [1.165, 1.54) is 6.07 Å². The Morgan fingerprint density at radius 3 is 2.37 bits per heavy atom. The van der Waals surface area contributed by atoms with Crippen molar-refractivity contribution in [1.29, 1.82) is 0 Å². The molecule has 1 aliphatic heterocycles. The van der Waals surface area contributed by atoms with Crippen LogP contribution in [0.5, 0.6) is 0 Å².